The molecule has 2 aliphatic carbocycles. The number of hydrogen-bond acceptors (Lipinski definition) is 4. The Hall–Kier alpha value is -3.41. The second-order valence-electron chi connectivity index (χ2n) is 11.4. The van der Waals surface area contributed by atoms with Crippen molar-refractivity contribution in [3.8, 4) is 0 Å². The Balaban J connectivity index is 0.000000168. The highest BCUT2D eigenvalue weighted by atomic mass is 19.4. The lowest BCUT2D eigenvalue weighted by Crippen LogP contribution is -2.51. The van der Waals surface area contributed by atoms with Crippen molar-refractivity contribution in [3.63, 3.8) is 0 Å². The molecule has 12 heteroatoms. The van der Waals surface area contributed by atoms with E-state index in [2.05, 4.69) is 20.9 Å². The van der Waals surface area contributed by atoms with Gasteiger partial charge in [0.05, 0.1) is 16.8 Å². The average molecular weight is 595 g/mol. The van der Waals surface area contributed by atoms with Crippen LogP contribution in [0.15, 0.2) is 53.5 Å². The van der Waals surface area contributed by atoms with Crippen LogP contribution in [0.2, 0.25) is 0 Å². The van der Waals surface area contributed by atoms with E-state index in [-0.39, 0.29) is 23.2 Å². The lowest BCUT2D eigenvalue weighted by Gasteiger charge is -2.33. The van der Waals surface area contributed by atoms with Crippen LogP contribution in [0.4, 0.5) is 26.3 Å². The maximum absolute atomic E-state index is 12.6. The van der Waals surface area contributed by atoms with E-state index in [4.69, 9.17) is 0 Å². The number of carbonyl (C=O) groups is 2. The third-order valence-electron chi connectivity index (χ3n) is 8.38. The van der Waals surface area contributed by atoms with E-state index in [1.54, 1.807) is 0 Å². The van der Waals surface area contributed by atoms with Crippen molar-refractivity contribution >= 4 is 17.5 Å². The normalized spacial score (nSPS) is 23.2. The number of carbonyl (C=O) groups excluding carboxylic acids is 2. The molecular weight excluding hydrogens is 562 g/mol. The maximum atomic E-state index is 12.6. The van der Waals surface area contributed by atoms with E-state index >= 15 is 0 Å². The molecule has 2 amide bonds. The highest BCUT2D eigenvalue weighted by molar-refractivity contribution is 6.46. The van der Waals surface area contributed by atoms with Gasteiger partial charge >= 0.3 is 12.4 Å². The molecule has 6 rings (SSSR count). The van der Waals surface area contributed by atoms with E-state index in [1.807, 2.05) is 0 Å². The molecule has 0 radical (unpaired) electrons. The molecule has 2 heterocycles. The third-order valence-corrected chi connectivity index (χ3v) is 8.38. The standard InChI is InChI=1S/C15H17F3N2O.C15H15F3N2O/c2*16-15(17,18)11-6-4-10(5-7-11)12-13(21)20-14(19-12)8-2-1-3-9-14/h4-7,12,19H,1-3,8-9H2,(H,20,21);4-7H,1-3,8-9H2,(H,20,21). The maximum Gasteiger partial charge on any atom is 0.416 e. The molecule has 0 bridgehead atoms. The van der Waals surface area contributed by atoms with Crippen molar-refractivity contribution in [1.82, 2.24) is 16.0 Å². The van der Waals surface area contributed by atoms with Gasteiger partial charge in [-0.2, -0.15) is 26.3 Å². The molecule has 2 aliphatic heterocycles. The summed E-state index contributed by atoms with van der Waals surface area (Å²) in [6.07, 6.45) is 0.996. The summed E-state index contributed by atoms with van der Waals surface area (Å²) in [6, 6.07) is 8.82. The summed E-state index contributed by atoms with van der Waals surface area (Å²) in [7, 11) is 0. The lowest BCUT2D eigenvalue weighted by atomic mass is 9.89. The number of nitrogens with one attached hydrogen (secondary N) is 3. The van der Waals surface area contributed by atoms with Crippen molar-refractivity contribution in [1.29, 1.82) is 0 Å². The molecule has 1 saturated heterocycles. The summed E-state index contributed by atoms with van der Waals surface area (Å²) in [4.78, 5) is 28.7. The van der Waals surface area contributed by atoms with Gasteiger partial charge in [-0.25, -0.2) is 0 Å². The Morgan fingerprint density at radius 2 is 1.17 bits per heavy atom. The van der Waals surface area contributed by atoms with Crippen molar-refractivity contribution in [2.24, 2.45) is 4.99 Å². The van der Waals surface area contributed by atoms with E-state index in [0.29, 0.717) is 11.1 Å². The number of amides is 2. The summed E-state index contributed by atoms with van der Waals surface area (Å²) in [5, 5.41) is 9.18. The molecule has 2 aromatic carbocycles. The fraction of sp³-hybridized carbons (Fsp3) is 0.500. The number of rotatable bonds is 2. The molecule has 2 saturated carbocycles. The molecular formula is C30H32F6N4O2. The van der Waals surface area contributed by atoms with Crippen LogP contribution in [0.1, 0.15) is 92.5 Å². The van der Waals surface area contributed by atoms with Gasteiger partial charge in [0, 0.05) is 5.56 Å². The fourth-order valence-electron chi connectivity index (χ4n) is 6.16. The number of benzene rings is 2. The first-order valence-corrected chi connectivity index (χ1v) is 14.2. The smallest absolute Gasteiger partial charge is 0.336 e. The van der Waals surface area contributed by atoms with Crippen LogP contribution in [0.3, 0.4) is 0 Å². The predicted molar refractivity (Wildman–Crippen MR) is 143 cm³/mol. The van der Waals surface area contributed by atoms with E-state index in [1.165, 1.54) is 24.3 Å². The zero-order valence-electron chi connectivity index (χ0n) is 22.8. The molecule has 6 nitrogen and oxygen atoms in total. The molecule has 2 aromatic rings. The zero-order chi connectivity index (χ0) is 30.2. The van der Waals surface area contributed by atoms with Crippen molar-refractivity contribution < 1.29 is 35.9 Å². The Morgan fingerprint density at radius 1 is 0.667 bits per heavy atom. The molecule has 2 spiro atoms. The molecule has 1 atom stereocenters. The van der Waals surface area contributed by atoms with Crippen LogP contribution in [0.25, 0.3) is 0 Å². The Morgan fingerprint density at radius 3 is 1.69 bits per heavy atom. The van der Waals surface area contributed by atoms with E-state index < -0.39 is 35.2 Å². The first-order valence-electron chi connectivity index (χ1n) is 14.2. The van der Waals surface area contributed by atoms with Crippen LogP contribution in [-0.2, 0) is 21.9 Å². The molecule has 0 aromatic heterocycles. The van der Waals surface area contributed by atoms with Crippen LogP contribution in [0.5, 0.6) is 0 Å². The van der Waals surface area contributed by atoms with Crippen LogP contribution in [-0.4, -0.2) is 28.9 Å². The van der Waals surface area contributed by atoms with Gasteiger partial charge in [-0.1, -0.05) is 37.1 Å². The molecule has 3 N–H and O–H groups in total. The van der Waals surface area contributed by atoms with Gasteiger partial charge in [-0.15, -0.1) is 0 Å². The first kappa shape index (κ1) is 30.1. The summed E-state index contributed by atoms with van der Waals surface area (Å²) < 4.78 is 75.3. The SMILES string of the molecule is O=C1NC2(CCCCC2)N=C1c1ccc(C(F)(F)F)cc1.O=C1NC2(CCCCC2)NC1c1ccc(C(F)(F)F)cc1. The monoisotopic (exact) mass is 594 g/mol. The Labute approximate surface area is 239 Å². The fourth-order valence-corrected chi connectivity index (χ4v) is 6.16. The molecule has 226 valence electrons. The topological polar surface area (TPSA) is 82.6 Å². The zero-order valence-corrected chi connectivity index (χ0v) is 22.8. The quantitative estimate of drug-likeness (QED) is 0.352. The van der Waals surface area contributed by atoms with Gasteiger partial charge in [0.25, 0.3) is 5.91 Å². The predicted octanol–water partition coefficient (Wildman–Crippen LogP) is 6.41. The largest absolute Gasteiger partial charge is 0.416 e. The number of aliphatic imine (C=N–C) groups is 1. The summed E-state index contributed by atoms with van der Waals surface area (Å²) in [5.41, 5.74) is -1.08. The summed E-state index contributed by atoms with van der Waals surface area (Å²) in [6.45, 7) is 0. The molecule has 4 aliphatic rings. The summed E-state index contributed by atoms with van der Waals surface area (Å²) >= 11 is 0. The second kappa shape index (κ2) is 11.3. The highest BCUT2D eigenvalue weighted by Gasteiger charge is 2.45. The minimum Gasteiger partial charge on any atom is -0.336 e. The van der Waals surface area contributed by atoms with Crippen molar-refractivity contribution in [2.75, 3.05) is 0 Å². The van der Waals surface area contributed by atoms with Crippen LogP contribution >= 0.6 is 0 Å². The highest BCUT2D eigenvalue weighted by Crippen LogP contribution is 2.36. The second-order valence-corrected chi connectivity index (χ2v) is 11.4. The van der Waals surface area contributed by atoms with Crippen LogP contribution in [0, 0.1) is 0 Å². The van der Waals surface area contributed by atoms with E-state index in [0.717, 1.165) is 88.5 Å². The van der Waals surface area contributed by atoms with Crippen molar-refractivity contribution in [3.05, 3.63) is 70.8 Å². The number of hydrogen-bond donors (Lipinski definition) is 3. The number of alkyl halides is 6. The van der Waals surface area contributed by atoms with E-state index in [9.17, 15) is 35.9 Å². The van der Waals surface area contributed by atoms with Crippen LogP contribution < -0.4 is 16.0 Å². The van der Waals surface area contributed by atoms with Gasteiger partial charge in [0.2, 0.25) is 5.91 Å². The minimum absolute atomic E-state index is 0.156. The average Bonchev–Trinajstić information content (AvgIpc) is 3.44. The first-order chi connectivity index (χ1) is 19.8. The Bertz CT molecular complexity index is 1320. The third kappa shape index (κ3) is 6.48. The number of halogens is 6. The van der Waals surface area contributed by atoms with Gasteiger partial charge in [0.1, 0.15) is 17.4 Å². The number of nitrogens with zero attached hydrogens (tertiary/aromatic N) is 1. The van der Waals surface area contributed by atoms with Gasteiger partial charge in [-0.05, 0) is 81.2 Å². The molecule has 3 fully saturated rings. The van der Waals surface area contributed by atoms with Gasteiger partial charge in [0.15, 0.2) is 0 Å². The Kier molecular flexibility index (Phi) is 8.12. The lowest BCUT2D eigenvalue weighted by molar-refractivity contribution is -0.138. The summed E-state index contributed by atoms with van der Waals surface area (Å²) in [5.74, 6) is -0.451. The van der Waals surface area contributed by atoms with Crippen molar-refractivity contribution in [2.45, 2.75) is 93.9 Å². The molecule has 1 unspecified atom stereocenters. The minimum atomic E-state index is -4.37. The molecule has 42 heavy (non-hydrogen) atoms. The van der Waals surface area contributed by atoms with Gasteiger partial charge in [-0.3, -0.25) is 19.9 Å². The van der Waals surface area contributed by atoms with Gasteiger partial charge < -0.3 is 10.6 Å².